The Morgan fingerprint density at radius 1 is 0.833 bits per heavy atom. The number of allylic oxidation sites excluding steroid dienone is 1. The van der Waals surface area contributed by atoms with E-state index < -0.39 is 24.6 Å². The predicted molar refractivity (Wildman–Crippen MR) is 179 cm³/mol. The molecule has 1 aliphatic carbocycles. The Labute approximate surface area is 280 Å². The molecular formula is C39H46F5NO3. The van der Waals surface area contributed by atoms with Crippen molar-refractivity contribution in [3.8, 4) is 11.5 Å². The first-order valence-electron chi connectivity index (χ1n) is 17.2. The van der Waals surface area contributed by atoms with E-state index in [1.54, 1.807) is 6.92 Å². The molecule has 0 aromatic heterocycles. The van der Waals surface area contributed by atoms with E-state index in [4.69, 9.17) is 14.2 Å². The standard InChI is InChI=1S/C39H46F5NO3/c1-28(22-23-38(40,41)39(42,43)44)45-24-7-3-8-25-46-32-18-16-30(17-19-32)37-34(29-11-4-2-5-12-29)14-10-13-31-27-33(20-21-35(31)37)48-36-15-6-9-26-47-36/h2,4-5,11-12,16-21,27-28,36,45H,3,6-10,13-15,22-26H2,1H3. The third kappa shape index (κ3) is 9.82. The normalized spacial score (nSPS) is 17.8. The molecule has 5 rings (SSSR count). The minimum atomic E-state index is -5.50. The van der Waals surface area contributed by atoms with Gasteiger partial charge >= 0.3 is 12.1 Å². The minimum absolute atomic E-state index is 0.187. The van der Waals surface area contributed by atoms with Crippen molar-refractivity contribution in [2.45, 2.75) is 102 Å². The second-order valence-electron chi connectivity index (χ2n) is 12.8. The molecule has 9 heteroatoms. The molecule has 2 unspecified atom stereocenters. The van der Waals surface area contributed by atoms with Crippen molar-refractivity contribution in [1.29, 1.82) is 0 Å². The summed E-state index contributed by atoms with van der Waals surface area (Å²) < 4.78 is 81.4. The molecule has 1 aliphatic heterocycles. The Morgan fingerprint density at radius 3 is 2.33 bits per heavy atom. The first-order valence-corrected chi connectivity index (χ1v) is 17.2. The van der Waals surface area contributed by atoms with Crippen molar-refractivity contribution < 1.29 is 36.2 Å². The van der Waals surface area contributed by atoms with Gasteiger partial charge in [0.15, 0.2) is 6.29 Å². The third-order valence-electron chi connectivity index (χ3n) is 9.08. The number of hydrogen-bond acceptors (Lipinski definition) is 4. The number of rotatable bonds is 15. The van der Waals surface area contributed by atoms with E-state index in [9.17, 15) is 22.0 Å². The third-order valence-corrected chi connectivity index (χ3v) is 9.08. The van der Waals surface area contributed by atoms with Crippen LogP contribution in [0.1, 0.15) is 93.4 Å². The molecule has 0 amide bonds. The van der Waals surface area contributed by atoms with E-state index in [1.165, 1.54) is 27.8 Å². The van der Waals surface area contributed by atoms with Crippen LogP contribution < -0.4 is 14.8 Å². The number of alkyl halides is 5. The summed E-state index contributed by atoms with van der Waals surface area (Å²) in [6.45, 7) is 3.45. The average molecular weight is 672 g/mol. The molecule has 1 heterocycles. The van der Waals surface area contributed by atoms with Crippen molar-refractivity contribution in [3.05, 3.63) is 95.1 Å². The van der Waals surface area contributed by atoms with Crippen LogP contribution in [-0.4, -0.2) is 44.2 Å². The number of fused-ring (bicyclic) bond motifs is 1. The monoisotopic (exact) mass is 671 g/mol. The highest BCUT2D eigenvalue weighted by atomic mass is 19.4. The number of nitrogens with one attached hydrogen (secondary N) is 1. The molecule has 1 saturated heterocycles. The van der Waals surface area contributed by atoms with Gasteiger partial charge in [-0.25, -0.2) is 0 Å². The van der Waals surface area contributed by atoms with Gasteiger partial charge in [-0.2, -0.15) is 22.0 Å². The summed E-state index contributed by atoms with van der Waals surface area (Å²) in [5.74, 6) is -3.02. The molecule has 0 spiro atoms. The van der Waals surface area contributed by atoms with E-state index in [1.807, 2.05) is 18.2 Å². The quantitative estimate of drug-likeness (QED) is 0.129. The SMILES string of the molecule is CC(CCC(F)(F)C(F)(F)F)NCCCCCOc1ccc(C2=C(c3ccccc3)CCCc3cc(OC4CCCCO4)ccc32)cc1. The molecule has 0 bridgehead atoms. The van der Waals surface area contributed by atoms with E-state index in [0.717, 1.165) is 81.5 Å². The van der Waals surface area contributed by atoms with Gasteiger partial charge in [0.25, 0.3) is 0 Å². The number of halogens is 5. The predicted octanol–water partition coefficient (Wildman–Crippen LogP) is 10.4. The van der Waals surface area contributed by atoms with Gasteiger partial charge in [0, 0.05) is 18.9 Å². The number of hydrogen-bond donors (Lipinski definition) is 1. The zero-order valence-corrected chi connectivity index (χ0v) is 27.6. The maximum absolute atomic E-state index is 13.1. The van der Waals surface area contributed by atoms with E-state index in [0.29, 0.717) is 13.2 Å². The maximum Gasteiger partial charge on any atom is 0.453 e. The summed E-state index contributed by atoms with van der Waals surface area (Å²) in [5, 5.41) is 3.04. The Morgan fingerprint density at radius 2 is 1.60 bits per heavy atom. The van der Waals surface area contributed by atoms with Crippen molar-refractivity contribution in [3.63, 3.8) is 0 Å². The first kappa shape index (κ1) is 35.9. The highest BCUT2D eigenvalue weighted by Gasteiger charge is 2.56. The van der Waals surface area contributed by atoms with Crippen LogP contribution in [-0.2, 0) is 11.2 Å². The molecule has 3 aromatic carbocycles. The molecule has 0 saturated carbocycles. The Balaban J connectivity index is 1.17. The van der Waals surface area contributed by atoms with Crippen LogP contribution in [0.5, 0.6) is 11.5 Å². The molecule has 3 aromatic rings. The van der Waals surface area contributed by atoms with Crippen LogP contribution in [0.2, 0.25) is 0 Å². The highest BCUT2D eigenvalue weighted by Crippen LogP contribution is 2.42. The molecule has 4 nitrogen and oxygen atoms in total. The Hall–Kier alpha value is -3.43. The van der Waals surface area contributed by atoms with Crippen molar-refractivity contribution >= 4 is 11.1 Å². The van der Waals surface area contributed by atoms with Crippen LogP contribution in [0.25, 0.3) is 11.1 Å². The minimum Gasteiger partial charge on any atom is -0.494 e. The lowest BCUT2D eigenvalue weighted by Crippen LogP contribution is -2.38. The lowest BCUT2D eigenvalue weighted by molar-refractivity contribution is -0.284. The van der Waals surface area contributed by atoms with E-state index >= 15 is 0 Å². The van der Waals surface area contributed by atoms with Gasteiger partial charge in [-0.3, -0.25) is 0 Å². The number of benzene rings is 3. The van der Waals surface area contributed by atoms with Crippen molar-refractivity contribution in [1.82, 2.24) is 5.32 Å². The summed E-state index contributed by atoms with van der Waals surface area (Å²) in [7, 11) is 0. The van der Waals surface area contributed by atoms with Gasteiger partial charge in [0.2, 0.25) is 0 Å². The fraction of sp³-hybridized carbons (Fsp3) is 0.487. The van der Waals surface area contributed by atoms with Gasteiger partial charge in [0.1, 0.15) is 11.5 Å². The second kappa shape index (κ2) is 16.8. The number of unbranched alkanes of at least 4 members (excludes halogenated alkanes) is 2. The largest absolute Gasteiger partial charge is 0.494 e. The topological polar surface area (TPSA) is 39.7 Å². The van der Waals surface area contributed by atoms with Crippen LogP contribution in [0, 0.1) is 0 Å². The van der Waals surface area contributed by atoms with Crippen LogP contribution >= 0.6 is 0 Å². The number of ether oxygens (including phenoxy) is 3. The van der Waals surface area contributed by atoms with E-state index in [2.05, 4.69) is 59.9 Å². The zero-order chi connectivity index (χ0) is 34.0. The molecule has 2 atom stereocenters. The fourth-order valence-corrected chi connectivity index (χ4v) is 6.35. The zero-order valence-electron chi connectivity index (χ0n) is 27.6. The van der Waals surface area contributed by atoms with Gasteiger partial charge in [-0.1, -0.05) is 48.5 Å². The van der Waals surface area contributed by atoms with Gasteiger partial charge < -0.3 is 19.5 Å². The molecule has 1 fully saturated rings. The summed E-state index contributed by atoms with van der Waals surface area (Å²) in [6.07, 6.45) is 1.35. The van der Waals surface area contributed by atoms with E-state index in [-0.39, 0.29) is 12.7 Å². The average Bonchev–Trinajstić information content (AvgIpc) is 3.27. The molecule has 260 valence electrons. The van der Waals surface area contributed by atoms with Crippen LogP contribution in [0.4, 0.5) is 22.0 Å². The summed E-state index contributed by atoms with van der Waals surface area (Å²) in [5.41, 5.74) is 7.39. The van der Waals surface area contributed by atoms with Gasteiger partial charge in [-0.15, -0.1) is 0 Å². The molecular weight excluding hydrogens is 625 g/mol. The molecule has 0 radical (unpaired) electrons. The number of aryl methyl sites for hydroxylation is 1. The maximum atomic E-state index is 13.1. The summed E-state index contributed by atoms with van der Waals surface area (Å²) in [4.78, 5) is 0. The molecule has 48 heavy (non-hydrogen) atoms. The molecule has 2 aliphatic rings. The lowest BCUT2D eigenvalue weighted by atomic mass is 9.88. The smallest absolute Gasteiger partial charge is 0.453 e. The van der Waals surface area contributed by atoms with Crippen molar-refractivity contribution in [2.75, 3.05) is 19.8 Å². The van der Waals surface area contributed by atoms with Crippen LogP contribution in [0.15, 0.2) is 72.8 Å². The Bertz CT molecular complexity index is 1470. The lowest BCUT2D eigenvalue weighted by Gasteiger charge is -2.24. The van der Waals surface area contributed by atoms with Gasteiger partial charge in [-0.05, 0) is 129 Å². The highest BCUT2D eigenvalue weighted by molar-refractivity contribution is 6.00. The molecule has 1 N–H and O–H groups in total. The van der Waals surface area contributed by atoms with Gasteiger partial charge in [0.05, 0.1) is 13.2 Å². The fourth-order valence-electron chi connectivity index (χ4n) is 6.35. The van der Waals surface area contributed by atoms with Crippen molar-refractivity contribution in [2.24, 2.45) is 0 Å². The first-order chi connectivity index (χ1) is 23.1. The Kier molecular flexibility index (Phi) is 12.5. The summed E-state index contributed by atoms with van der Waals surface area (Å²) >= 11 is 0. The summed E-state index contributed by atoms with van der Waals surface area (Å²) in [6, 6.07) is 24.8. The second-order valence-corrected chi connectivity index (χ2v) is 12.8. The van der Waals surface area contributed by atoms with Crippen LogP contribution in [0.3, 0.4) is 0 Å².